The molecule has 0 aliphatic heterocycles. The summed E-state index contributed by atoms with van der Waals surface area (Å²) in [6, 6.07) is 17.0. The maximum Gasteiger partial charge on any atom is 0.162 e. The summed E-state index contributed by atoms with van der Waals surface area (Å²) in [5.41, 5.74) is 6.08. The van der Waals surface area contributed by atoms with Crippen LogP contribution in [0.2, 0.25) is 0 Å². The molecular formula is C38H54IrNO2-. The van der Waals surface area contributed by atoms with Crippen molar-refractivity contribution < 1.29 is 30.0 Å². The van der Waals surface area contributed by atoms with E-state index in [2.05, 4.69) is 68.2 Å². The summed E-state index contributed by atoms with van der Waals surface area (Å²) in [6.07, 6.45) is 12.2. The minimum atomic E-state index is 0. The Balaban J connectivity index is 0.000000455. The minimum absolute atomic E-state index is 0. The number of aromatic nitrogens is 1. The summed E-state index contributed by atoms with van der Waals surface area (Å²) < 4.78 is 0. The molecule has 4 rings (SSSR count). The molecule has 0 atom stereocenters. The number of aliphatic hydroxyl groups excluding tert-OH is 1. The van der Waals surface area contributed by atoms with Gasteiger partial charge in [-0.3, -0.25) is 4.79 Å². The Morgan fingerprint density at radius 3 is 2.14 bits per heavy atom. The van der Waals surface area contributed by atoms with Gasteiger partial charge in [-0.15, -0.1) is 34.9 Å². The number of hydrogen-bond acceptors (Lipinski definition) is 3. The minimum Gasteiger partial charge on any atom is -0.512 e. The van der Waals surface area contributed by atoms with E-state index in [0.717, 1.165) is 48.8 Å². The van der Waals surface area contributed by atoms with E-state index in [-0.39, 0.29) is 50.9 Å². The van der Waals surface area contributed by atoms with Crippen molar-refractivity contribution in [2.75, 3.05) is 0 Å². The number of nitrogens with zero attached hydrogens (tertiary/aromatic N) is 1. The van der Waals surface area contributed by atoms with E-state index in [4.69, 9.17) is 0 Å². The molecule has 0 spiro atoms. The van der Waals surface area contributed by atoms with Crippen LogP contribution in [0.15, 0.2) is 54.4 Å². The van der Waals surface area contributed by atoms with E-state index in [9.17, 15) is 9.90 Å². The standard InChI is InChI=1S/C24H26N.C13H24O2.CH4.Ir/c1-16-4-6-19(7-5-16)20-8-9-23-21(15-20)10-11-25-24(23)22-13-17(2)12-18(3)14-22;1-5-10(6-2)12(14)9-13(15)11(7-3)8-4;;/h8-13,15-16,19H,4-7H2,1-3H3;9-11,14H,5-8H2,1-4H3;1H4;/q-1;;;. The van der Waals surface area contributed by atoms with E-state index in [0.29, 0.717) is 0 Å². The third-order valence-electron chi connectivity index (χ3n) is 8.76. The van der Waals surface area contributed by atoms with E-state index in [1.165, 1.54) is 59.2 Å². The first-order valence-corrected chi connectivity index (χ1v) is 15.5. The molecular weight excluding hydrogens is 695 g/mol. The van der Waals surface area contributed by atoms with Crippen molar-refractivity contribution in [1.82, 2.24) is 4.98 Å². The van der Waals surface area contributed by atoms with Crippen LogP contribution < -0.4 is 0 Å². The predicted octanol–water partition coefficient (Wildman–Crippen LogP) is 11.1. The van der Waals surface area contributed by atoms with Gasteiger partial charge in [0.2, 0.25) is 0 Å². The van der Waals surface area contributed by atoms with Crippen molar-refractivity contribution in [2.24, 2.45) is 17.8 Å². The average molecular weight is 749 g/mol. The van der Waals surface area contributed by atoms with E-state index in [1.807, 2.05) is 33.9 Å². The van der Waals surface area contributed by atoms with Crippen LogP contribution in [-0.2, 0) is 24.9 Å². The molecule has 1 N–H and O–H groups in total. The topological polar surface area (TPSA) is 50.2 Å². The van der Waals surface area contributed by atoms with Crippen molar-refractivity contribution in [3.63, 3.8) is 0 Å². The Bertz CT molecular complexity index is 1260. The van der Waals surface area contributed by atoms with Gasteiger partial charge in [0.05, 0.1) is 5.76 Å². The van der Waals surface area contributed by atoms with Gasteiger partial charge in [-0.25, -0.2) is 0 Å². The van der Waals surface area contributed by atoms with E-state index < -0.39 is 0 Å². The summed E-state index contributed by atoms with van der Waals surface area (Å²) in [5.74, 6) is 2.17. The fourth-order valence-corrected chi connectivity index (χ4v) is 6.06. The second-order valence-electron chi connectivity index (χ2n) is 11.8. The number of fused-ring (bicyclic) bond motifs is 1. The summed E-state index contributed by atoms with van der Waals surface area (Å²) in [5, 5.41) is 12.3. The zero-order valence-corrected chi connectivity index (χ0v) is 28.6. The number of ketones is 1. The van der Waals surface area contributed by atoms with Gasteiger partial charge in [0.25, 0.3) is 0 Å². The SMILES string of the molecule is C.CCC(CC)C(=O)C=C(O)C(CC)CC.Cc1[c-]c(-c2nccc3cc(C4CCC(C)CC4)ccc23)cc(C)c1.[Ir]. The fraction of sp³-hybridized carbons (Fsp3) is 0.526. The predicted molar refractivity (Wildman–Crippen MR) is 176 cm³/mol. The molecule has 233 valence electrons. The van der Waals surface area contributed by atoms with Crippen molar-refractivity contribution in [2.45, 2.75) is 113 Å². The number of hydrogen-bond donors (Lipinski definition) is 1. The van der Waals surface area contributed by atoms with Crippen LogP contribution in [0.3, 0.4) is 0 Å². The van der Waals surface area contributed by atoms with Crippen LogP contribution >= 0.6 is 0 Å². The molecule has 1 aromatic heterocycles. The zero-order chi connectivity index (χ0) is 29.2. The summed E-state index contributed by atoms with van der Waals surface area (Å²) in [6.45, 7) is 14.7. The third kappa shape index (κ3) is 10.2. The van der Waals surface area contributed by atoms with Gasteiger partial charge in [-0.05, 0) is 78.5 Å². The van der Waals surface area contributed by atoms with Gasteiger partial charge in [-0.2, -0.15) is 0 Å². The summed E-state index contributed by atoms with van der Waals surface area (Å²) >= 11 is 0. The summed E-state index contributed by atoms with van der Waals surface area (Å²) in [4.78, 5) is 16.4. The Kier molecular flexibility index (Phi) is 16.5. The third-order valence-corrected chi connectivity index (χ3v) is 8.76. The van der Waals surface area contributed by atoms with Crippen molar-refractivity contribution >= 4 is 16.6 Å². The van der Waals surface area contributed by atoms with Gasteiger partial charge < -0.3 is 10.1 Å². The van der Waals surface area contributed by atoms with Crippen molar-refractivity contribution in [1.29, 1.82) is 0 Å². The number of carbonyl (C=O) groups excluding carboxylic acids is 1. The van der Waals surface area contributed by atoms with Crippen LogP contribution in [0.5, 0.6) is 0 Å². The molecule has 1 aliphatic rings. The second-order valence-corrected chi connectivity index (χ2v) is 11.8. The number of allylic oxidation sites excluding steroid dienone is 2. The smallest absolute Gasteiger partial charge is 0.162 e. The number of rotatable bonds is 9. The van der Waals surface area contributed by atoms with Crippen LogP contribution in [0.25, 0.3) is 22.0 Å². The molecule has 3 nitrogen and oxygen atoms in total. The number of aliphatic hydroxyl groups is 1. The Labute approximate surface area is 270 Å². The van der Waals surface area contributed by atoms with Gasteiger partial charge in [0.1, 0.15) is 0 Å². The molecule has 0 unspecified atom stereocenters. The Morgan fingerprint density at radius 1 is 0.952 bits per heavy atom. The molecule has 1 aliphatic carbocycles. The molecule has 1 fully saturated rings. The normalized spacial score (nSPS) is 16.8. The fourth-order valence-electron chi connectivity index (χ4n) is 6.06. The second kappa shape index (κ2) is 18.4. The molecule has 3 aromatic rings. The Hall–Kier alpha value is -2.29. The maximum atomic E-state index is 11.7. The number of pyridine rings is 1. The van der Waals surface area contributed by atoms with Gasteiger partial charge >= 0.3 is 0 Å². The van der Waals surface area contributed by atoms with Crippen LogP contribution in [0.1, 0.15) is 116 Å². The maximum absolute atomic E-state index is 11.7. The molecule has 42 heavy (non-hydrogen) atoms. The molecule has 1 heterocycles. The van der Waals surface area contributed by atoms with E-state index in [1.54, 1.807) is 0 Å². The number of carbonyl (C=O) groups is 1. The van der Waals surface area contributed by atoms with Crippen LogP contribution in [-0.4, -0.2) is 15.9 Å². The number of benzene rings is 2. The van der Waals surface area contributed by atoms with Crippen LogP contribution in [0, 0.1) is 37.7 Å². The molecule has 0 amide bonds. The molecule has 0 saturated heterocycles. The molecule has 1 radical (unpaired) electrons. The first-order valence-electron chi connectivity index (χ1n) is 15.5. The molecule has 0 bridgehead atoms. The molecule has 2 aromatic carbocycles. The summed E-state index contributed by atoms with van der Waals surface area (Å²) in [7, 11) is 0. The van der Waals surface area contributed by atoms with Gasteiger partial charge in [-0.1, -0.05) is 86.9 Å². The quantitative estimate of drug-likeness (QED) is 0.135. The molecule has 4 heteroatoms. The van der Waals surface area contributed by atoms with Crippen molar-refractivity contribution in [3.05, 3.63) is 77.2 Å². The number of aryl methyl sites for hydroxylation is 2. The van der Waals surface area contributed by atoms with E-state index >= 15 is 0 Å². The van der Waals surface area contributed by atoms with Gasteiger partial charge in [0, 0.05) is 44.2 Å². The monoisotopic (exact) mass is 749 g/mol. The first kappa shape index (κ1) is 37.7. The van der Waals surface area contributed by atoms with Crippen LogP contribution in [0.4, 0.5) is 0 Å². The zero-order valence-electron chi connectivity index (χ0n) is 26.2. The average Bonchev–Trinajstić information content (AvgIpc) is 2.94. The first-order chi connectivity index (χ1) is 19.2. The largest absolute Gasteiger partial charge is 0.512 e. The molecule has 1 saturated carbocycles. The van der Waals surface area contributed by atoms with Gasteiger partial charge in [0.15, 0.2) is 5.78 Å². The van der Waals surface area contributed by atoms with Crippen molar-refractivity contribution in [3.8, 4) is 11.3 Å². The Morgan fingerprint density at radius 2 is 1.57 bits per heavy atom.